The molecule has 1 heterocycles. The van der Waals surface area contributed by atoms with Crippen LogP contribution in [-0.4, -0.2) is 28.1 Å². The quantitative estimate of drug-likeness (QED) is 0.493. The Morgan fingerprint density at radius 3 is 2.65 bits per heavy atom. The van der Waals surface area contributed by atoms with Crippen LogP contribution in [-0.2, 0) is 4.74 Å². The van der Waals surface area contributed by atoms with E-state index in [0.717, 1.165) is 7.11 Å². The van der Waals surface area contributed by atoms with Crippen LogP contribution in [0.25, 0.3) is 0 Å². The third-order valence-corrected chi connectivity index (χ3v) is 1.85. The smallest absolute Gasteiger partial charge is 0.363 e. The highest BCUT2D eigenvalue weighted by Crippen LogP contribution is 2.37. The topological polar surface area (TPSA) is 103 Å². The first-order valence-corrected chi connectivity index (χ1v) is 4.12. The molecule has 1 aromatic heterocycles. The fourth-order valence-electron chi connectivity index (χ4n) is 1.15. The Morgan fingerprint density at radius 2 is 2.24 bits per heavy atom. The number of alkyl halides is 2. The summed E-state index contributed by atoms with van der Waals surface area (Å²) >= 11 is 0. The average molecular weight is 248 g/mol. The summed E-state index contributed by atoms with van der Waals surface area (Å²) in [4.78, 5) is 23.7. The van der Waals surface area contributed by atoms with Gasteiger partial charge in [0.15, 0.2) is 0 Å². The van der Waals surface area contributed by atoms with Crippen molar-refractivity contribution in [3.05, 3.63) is 27.6 Å². The van der Waals surface area contributed by atoms with Crippen molar-refractivity contribution in [2.75, 3.05) is 7.11 Å². The van der Waals surface area contributed by atoms with Crippen molar-refractivity contribution in [2.45, 2.75) is 6.43 Å². The van der Waals surface area contributed by atoms with E-state index in [1.54, 1.807) is 0 Å². The highest BCUT2D eigenvalue weighted by Gasteiger charge is 2.34. The van der Waals surface area contributed by atoms with Gasteiger partial charge in [0.05, 0.1) is 18.2 Å². The predicted octanol–water partition coefficient (Wildman–Crippen LogP) is 1.42. The van der Waals surface area contributed by atoms with Crippen molar-refractivity contribution in [3.63, 3.8) is 0 Å². The maximum Gasteiger partial charge on any atom is 0.363 e. The Labute approximate surface area is 92.8 Å². The Bertz CT molecular complexity index is 477. The second-order valence-corrected chi connectivity index (χ2v) is 2.80. The van der Waals surface area contributed by atoms with Crippen LogP contribution in [0.3, 0.4) is 0 Å². The Morgan fingerprint density at radius 1 is 1.65 bits per heavy atom. The molecule has 0 unspecified atom stereocenters. The molecule has 0 saturated carbocycles. The first-order valence-electron chi connectivity index (χ1n) is 4.12. The molecule has 1 aromatic rings. The number of pyridine rings is 1. The number of esters is 1. The molecule has 9 heteroatoms. The van der Waals surface area contributed by atoms with Crippen LogP contribution in [0.2, 0.25) is 0 Å². The van der Waals surface area contributed by atoms with Crippen molar-refractivity contribution < 1.29 is 28.3 Å². The molecule has 17 heavy (non-hydrogen) atoms. The number of hydrogen-bond acceptors (Lipinski definition) is 6. The normalized spacial score (nSPS) is 10.4. The number of carbonyl (C=O) groups excluding carboxylic acids is 1. The SMILES string of the molecule is COC(=O)c1ncc(O)c(C(F)F)c1[N+](=O)[O-]. The minimum absolute atomic E-state index is 0.529. The van der Waals surface area contributed by atoms with E-state index in [1.807, 2.05) is 0 Å². The second-order valence-electron chi connectivity index (χ2n) is 2.80. The number of rotatable bonds is 3. The molecule has 0 fully saturated rings. The van der Waals surface area contributed by atoms with Crippen LogP contribution in [0, 0.1) is 10.1 Å². The summed E-state index contributed by atoms with van der Waals surface area (Å²) in [6.07, 6.45) is -2.79. The molecule has 0 amide bonds. The second kappa shape index (κ2) is 4.68. The summed E-state index contributed by atoms with van der Waals surface area (Å²) in [6, 6.07) is 0. The monoisotopic (exact) mass is 248 g/mol. The first-order chi connectivity index (χ1) is 7.90. The van der Waals surface area contributed by atoms with Gasteiger partial charge in [-0.3, -0.25) is 10.1 Å². The van der Waals surface area contributed by atoms with E-state index in [-0.39, 0.29) is 0 Å². The van der Waals surface area contributed by atoms with Crippen LogP contribution in [0.1, 0.15) is 22.5 Å². The molecular formula is C8H6F2N2O5. The maximum absolute atomic E-state index is 12.6. The fraction of sp³-hybridized carbons (Fsp3) is 0.250. The zero-order valence-electron chi connectivity index (χ0n) is 8.39. The van der Waals surface area contributed by atoms with E-state index in [4.69, 9.17) is 5.11 Å². The molecule has 0 bridgehead atoms. The number of aromatic nitrogens is 1. The lowest BCUT2D eigenvalue weighted by Crippen LogP contribution is -2.11. The van der Waals surface area contributed by atoms with Crippen LogP contribution in [0.5, 0.6) is 5.75 Å². The van der Waals surface area contributed by atoms with E-state index in [2.05, 4.69) is 9.72 Å². The van der Waals surface area contributed by atoms with Gasteiger partial charge in [-0.1, -0.05) is 0 Å². The molecule has 0 atom stereocenters. The Kier molecular flexibility index (Phi) is 3.51. The number of methoxy groups -OCH3 is 1. The summed E-state index contributed by atoms with van der Waals surface area (Å²) in [5.41, 5.74) is -3.40. The summed E-state index contributed by atoms with van der Waals surface area (Å²) in [6.45, 7) is 0. The lowest BCUT2D eigenvalue weighted by Gasteiger charge is -2.06. The standard InChI is InChI=1S/C8H6F2N2O5/c1-17-8(14)5-6(12(15)16)4(7(9)10)3(13)2-11-5/h2,7,13H,1H3. The van der Waals surface area contributed by atoms with Crippen LogP contribution in [0.4, 0.5) is 14.5 Å². The third kappa shape index (κ3) is 2.27. The summed E-state index contributed by atoms with van der Waals surface area (Å²) in [7, 11) is 0.919. The molecule has 7 nitrogen and oxygen atoms in total. The van der Waals surface area contributed by atoms with Crippen molar-refractivity contribution in [1.29, 1.82) is 0 Å². The number of aromatic hydroxyl groups is 1. The molecule has 0 aliphatic rings. The molecule has 1 rings (SSSR count). The van der Waals surface area contributed by atoms with E-state index in [9.17, 15) is 23.7 Å². The van der Waals surface area contributed by atoms with Gasteiger partial charge in [-0.2, -0.15) is 0 Å². The van der Waals surface area contributed by atoms with E-state index < -0.39 is 40.0 Å². The number of carbonyl (C=O) groups is 1. The summed E-state index contributed by atoms with van der Waals surface area (Å²) < 4.78 is 29.3. The van der Waals surface area contributed by atoms with Crippen molar-refractivity contribution in [2.24, 2.45) is 0 Å². The van der Waals surface area contributed by atoms with Crippen LogP contribution in [0.15, 0.2) is 6.20 Å². The van der Waals surface area contributed by atoms with Gasteiger partial charge in [0.25, 0.3) is 6.43 Å². The molecule has 0 aromatic carbocycles. The molecule has 0 saturated heterocycles. The molecule has 0 spiro atoms. The summed E-state index contributed by atoms with van der Waals surface area (Å²) in [5.74, 6) is -2.29. The minimum Gasteiger partial charge on any atom is -0.506 e. The first kappa shape index (κ1) is 12.7. The fourth-order valence-corrected chi connectivity index (χ4v) is 1.15. The molecular weight excluding hydrogens is 242 g/mol. The van der Waals surface area contributed by atoms with E-state index in [1.165, 1.54) is 0 Å². The van der Waals surface area contributed by atoms with Crippen molar-refractivity contribution in [1.82, 2.24) is 4.98 Å². The molecule has 1 N–H and O–H groups in total. The van der Waals surface area contributed by atoms with Crippen LogP contribution < -0.4 is 0 Å². The number of nitrogens with zero attached hydrogens (tertiary/aromatic N) is 2. The van der Waals surface area contributed by atoms with Gasteiger partial charge in [-0.25, -0.2) is 18.6 Å². The number of nitro groups is 1. The highest BCUT2D eigenvalue weighted by atomic mass is 19.3. The van der Waals surface area contributed by atoms with E-state index in [0.29, 0.717) is 6.20 Å². The predicted molar refractivity (Wildman–Crippen MR) is 48.9 cm³/mol. The lowest BCUT2D eigenvalue weighted by atomic mass is 10.1. The molecule has 0 aliphatic carbocycles. The van der Waals surface area contributed by atoms with Crippen LogP contribution >= 0.6 is 0 Å². The number of halogens is 2. The number of ether oxygens (including phenoxy) is 1. The number of hydrogen-bond donors (Lipinski definition) is 1. The van der Waals surface area contributed by atoms with Gasteiger partial charge >= 0.3 is 11.7 Å². The average Bonchev–Trinajstić information content (AvgIpc) is 2.26. The zero-order chi connectivity index (χ0) is 13.2. The van der Waals surface area contributed by atoms with Crippen molar-refractivity contribution >= 4 is 11.7 Å². The van der Waals surface area contributed by atoms with Gasteiger partial charge in [-0.15, -0.1) is 0 Å². The Hall–Kier alpha value is -2.32. The third-order valence-electron chi connectivity index (χ3n) is 1.85. The molecule has 0 radical (unpaired) electrons. The highest BCUT2D eigenvalue weighted by molar-refractivity contribution is 5.92. The maximum atomic E-state index is 12.6. The van der Waals surface area contributed by atoms with Gasteiger partial charge in [-0.05, 0) is 0 Å². The summed E-state index contributed by atoms with van der Waals surface area (Å²) in [5, 5.41) is 19.7. The van der Waals surface area contributed by atoms with Gasteiger partial charge in [0.2, 0.25) is 5.69 Å². The zero-order valence-corrected chi connectivity index (χ0v) is 8.39. The Balaban J connectivity index is 3.59. The van der Waals surface area contributed by atoms with Crippen molar-refractivity contribution in [3.8, 4) is 5.75 Å². The minimum atomic E-state index is -3.32. The molecule has 92 valence electrons. The molecule has 0 aliphatic heterocycles. The lowest BCUT2D eigenvalue weighted by molar-refractivity contribution is -0.387. The van der Waals surface area contributed by atoms with E-state index >= 15 is 0 Å². The van der Waals surface area contributed by atoms with Gasteiger partial charge in [0, 0.05) is 0 Å². The van der Waals surface area contributed by atoms with Gasteiger partial charge < -0.3 is 9.84 Å². The largest absolute Gasteiger partial charge is 0.506 e. The van der Waals surface area contributed by atoms with Gasteiger partial charge in [0.1, 0.15) is 11.3 Å².